The third-order valence-corrected chi connectivity index (χ3v) is 3.61. The van der Waals surface area contributed by atoms with E-state index in [1.807, 2.05) is 31.2 Å². The number of nitrogens with one attached hydrogen (secondary N) is 1. The van der Waals surface area contributed by atoms with E-state index in [1.165, 1.54) is 14.0 Å². The lowest BCUT2D eigenvalue weighted by atomic mass is 10.2. The molecule has 142 valence electrons. The number of methoxy groups -OCH3 is 1. The van der Waals surface area contributed by atoms with Crippen molar-refractivity contribution in [2.45, 2.75) is 20.0 Å². The molecule has 0 unspecified atom stereocenters. The molecule has 0 saturated heterocycles. The summed E-state index contributed by atoms with van der Waals surface area (Å²) in [5.74, 6) is -0.134. The number of ether oxygens (including phenoxy) is 3. The zero-order valence-corrected chi connectivity index (χ0v) is 15.6. The fourth-order valence-corrected chi connectivity index (χ4v) is 2.29. The van der Waals surface area contributed by atoms with Crippen LogP contribution in [0.1, 0.15) is 19.4 Å². The topological polar surface area (TPSA) is 73.9 Å². The molecule has 6 heteroatoms. The van der Waals surface area contributed by atoms with Gasteiger partial charge >= 0.3 is 5.97 Å². The van der Waals surface area contributed by atoms with Crippen molar-refractivity contribution in [3.8, 4) is 11.5 Å². The molecular weight excluding hydrogens is 346 g/mol. The molecule has 2 aromatic carbocycles. The van der Waals surface area contributed by atoms with Gasteiger partial charge in [0.2, 0.25) is 0 Å². The van der Waals surface area contributed by atoms with E-state index >= 15 is 0 Å². The molecule has 1 amide bonds. The zero-order valence-electron chi connectivity index (χ0n) is 15.6. The summed E-state index contributed by atoms with van der Waals surface area (Å²) < 4.78 is 15.9. The Labute approximate surface area is 158 Å². The Hall–Kier alpha value is -3.28. The Balaban J connectivity index is 1.87. The minimum atomic E-state index is -0.944. The molecule has 1 atom stereocenters. The Morgan fingerprint density at radius 3 is 2.52 bits per heavy atom. The van der Waals surface area contributed by atoms with E-state index in [1.54, 1.807) is 36.4 Å². The van der Waals surface area contributed by atoms with E-state index in [-0.39, 0.29) is 6.61 Å². The molecule has 0 aliphatic carbocycles. The van der Waals surface area contributed by atoms with Gasteiger partial charge in [0.05, 0.1) is 7.11 Å². The minimum absolute atomic E-state index is 0.331. The van der Waals surface area contributed by atoms with Crippen molar-refractivity contribution in [1.29, 1.82) is 0 Å². The molecule has 0 heterocycles. The fourth-order valence-electron chi connectivity index (χ4n) is 2.29. The molecule has 2 aromatic rings. The van der Waals surface area contributed by atoms with Gasteiger partial charge in [-0.25, -0.2) is 4.79 Å². The van der Waals surface area contributed by atoms with Crippen molar-refractivity contribution < 1.29 is 23.8 Å². The van der Waals surface area contributed by atoms with Crippen LogP contribution in [0.15, 0.2) is 54.6 Å². The molecule has 0 aliphatic heterocycles. The first-order valence-corrected chi connectivity index (χ1v) is 8.52. The minimum Gasteiger partial charge on any atom is -0.493 e. The quantitative estimate of drug-likeness (QED) is 0.719. The molecule has 6 nitrogen and oxygen atoms in total. The zero-order chi connectivity index (χ0) is 19.6. The summed E-state index contributed by atoms with van der Waals surface area (Å²) >= 11 is 0. The summed E-state index contributed by atoms with van der Waals surface area (Å²) in [7, 11) is 1.52. The van der Waals surface area contributed by atoms with Crippen molar-refractivity contribution in [3.05, 3.63) is 60.2 Å². The van der Waals surface area contributed by atoms with Crippen LogP contribution in [0, 0.1) is 0 Å². The maximum absolute atomic E-state index is 12.1. The highest BCUT2D eigenvalue weighted by Crippen LogP contribution is 2.28. The maximum Gasteiger partial charge on any atom is 0.344 e. The van der Waals surface area contributed by atoms with Crippen LogP contribution < -0.4 is 14.8 Å². The summed E-state index contributed by atoms with van der Waals surface area (Å²) in [6.45, 7) is 3.09. The van der Waals surface area contributed by atoms with E-state index in [9.17, 15) is 9.59 Å². The van der Waals surface area contributed by atoms with Crippen LogP contribution in [0.3, 0.4) is 0 Å². The second-order valence-corrected chi connectivity index (χ2v) is 5.69. The van der Waals surface area contributed by atoms with Gasteiger partial charge in [-0.1, -0.05) is 36.4 Å². The van der Waals surface area contributed by atoms with Gasteiger partial charge in [0.15, 0.2) is 24.2 Å². The summed E-state index contributed by atoms with van der Waals surface area (Å²) in [5, 5.41) is 2.67. The number of allylic oxidation sites excluding steroid dienone is 1. The van der Waals surface area contributed by atoms with Gasteiger partial charge in [0.25, 0.3) is 5.91 Å². The third-order valence-electron chi connectivity index (χ3n) is 3.61. The molecule has 2 rings (SSSR count). The molecular formula is C21H23NO5. The molecule has 27 heavy (non-hydrogen) atoms. The van der Waals surface area contributed by atoms with Gasteiger partial charge in [-0.05, 0) is 43.7 Å². The first-order valence-electron chi connectivity index (χ1n) is 8.52. The predicted octanol–water partition coefficient (Wildman–Crippen LogP) is 3.68. The highest BCUT2D eigenvalue weighted by molar-refractivity contribution is 5.95. The lowest BCUT2D eigenvalue weighted by Gasteiger charge is -2.15. The number of para-hydroxylation sites is 1. The molecule has 0 aromatic heterocycles. The van der Waals surface area contributed by atoms with Gasteiger partial charge in [0.1, 0.15) is 0 Å². The number of hydrogen-bond donors (Lipinski definition) is 1. The van der Waals surface area contributed by atoms with Crippen LogP contribution in [-0.2, 0) is 14.3 Å². The highest BCUT2D eigenvalue weighted by atomic mass is 16.6. The standard InChI is InChI=1S/C21H23NO5/c1-4-8-16-11-12-18(19(13-16)25-3)26-14-20(23)27-15(2)21(24)22-17-9-6-5-7-10-17/h4-13,15H,14H2,1-3H3,(H,22,24)/b8-4+/t15-/m0/s1. The van der Waals surface area contributed by atoms with E-state index in [2.05, 4.69) is 5.32 Å². The van der Waals surface area contributed by atoms with Crippen molar-refractivity contribution in [1.82, 2.24) is 0 Å². The predicted molar refractivity (Wildman–Crippen MR) is 104 cm³/mol. The number of hydrogen-bond acceptors (Lipinski definition) is 5. The largest absolute Gasteiger partial charge is 0.493 e. The van der Waals surface area contributed by atoms with Crippen molar-refractivity contribution in [2.75, 3.05) is 19.0 Å². The van der Waals surface area contributed by atoms with Gasteiger partial charge in [0, 0.05) is 5.69 Å². The highest BCUT2D eigenvalue weighted by Gasteiger charge is 2.18. The van der Waals surface area contributed by atoms with E-state index in [4.69, 9.17) is 14.2 Å². The normalized spacial score (nSPS) is 11.7. The number of carbonyl (C=O) groups excluding carboxylic acids is 2. The smallest absolute Gasteiger partial charge is 0.344 e. The second kappa shape index (κ2) is 10.0. The van der Waals surface area contributed by atoms with Crippen LogP contribution in [0.25, 0.3) is 6.08 Å². The lowest BCUT2D eigenvalue weighted by molar-refractivity contribution is -0.155. The van der Waals surface area contributed by atoms with Crippen molar-refractivity contribution >= 4 is 23.6 Å². The van der Waals surface area contributed by atoms with Gasteiger partial charge in [-0.3, -0.25) is 4.79 Å². The molecule has 0 fully saturated rings. The molecule has 0 aliphatic rings. The van der Waals surface area contributed by atoms with E-state index in [0.29, 0.717) is 17.2 Å². The second-order valence-electron chi connectivity index (χ2n) is 5.69. The monoisotopic (exact) mass is 369 g/mol. The average Bonchev–Trinajstić information content (AvgIpc) is 2.67. The third kappa shape index (κ3) is 6.18. The summed E-state index contributed by atoms with van der Waals surface area (Å²) in [5.41, 5.74) is 1.59. The van der Waals surface area contributed by atoms with Crippen molar-refractivity contribution in [3.63, 3.8) is 0 Å². The Kier molecular flexibility index (Phi) is 7.43. The summed E-state index contributed by atoms with van der Waals surface area (Å²) in [4.78, 5) is 24.0. The van der Waals surface area contributed by atoms with Gasteiger partial charge < -0.3 is 19.5 Å². The van der Waals surface area contributed by atoms with Gasteiger partial charge in [-0.2, -0.15) is 0 Å². The maximum atomic E-state index is 12.1. The summed E-state index contributed by atoms with van der Waals surface area (Å²) in [6.07, 6.45) is 2.89. The lowest BCUT2D eigenvalue weighted by Crippen LogP contribution is -2.31. The average molecular weight is 369 g/mol. The van der Waals surface area contributed by atoms with Crippen LogP contribution in [0.5, 0.6) is 11.5 Å². The van der Waals surface area contributed by atoms with Crippen LogP contribution >= 0.6 is 0 Å². The summed E-state index contributed by atoms with van der Waals surface area (Å²) in [6, 6.07) is 14.3. The van der Waals surface area contributed by atoms with Crippen LogP contribution in [0.4, 0.5) is 5.69 Å². The fraction of sp³-hybridized carbons (Fsp3) is 0.238. The number of amides is 1. The number of esters is 1. The molecule has 1 N–H and O–H groups in total. The Morgan fingerprint density at radius 2 is 1.85 bits per heavy atom. The molecule has 0 bridgehead atoms. The van der Waals surface area contributed by atoms with Crippen LogP contribution in [0.2, 0.25) is 0 Å². The van der Waals surface area contributed by atoms with E-state index < -0.39 is 18.0 Å². The van der Waals surface area contributed by atoms with E-state index in [0.717, 1.165) is 5.56 Å². The molecule has 0 radical (unpaired) electrons. The first kappa shape index (κ1) is 20.0. The SMILES string of the molecule is C/C=C/c1ccc(OCC(=O)O[C@@H](C)C(=O)Nc2ccccc2)c(OC)c1. The molecule has 0 saturated carbocycles. The van der Waals surface area contributed by atoms with Crippen molar-refractivity contribution in [2.24, 2.45) is 0 Å². The number of rotatable bonds is 8. The van der Waals surface area contributed by atoms with Crippen LogP contribution in [-0.4, -0.2) is 31.7 Å². The number of carbonyl (C=O) groups is 2. The first-order chi connectivity index (χ1) is 13.0. The Morgan fingerprint density at radius 1 is 1.11 bits per heavy atom. The Bertz CT molecular complexity index is 801. The van der Waals surface area contributed by atoms with Gasteiger partial charge in [-0.15, -0.1) is 0 Å². The number of anilines is 1. The molecule has 0 spiro atoms. The number of benzene rings is 2.